The van der Waals surface area contributed by atoms with Crippen molar-refractivity contribution < 1.29 is 19.1 Å². The molecule has 0 aromatic heterocycles. The molecule has 0 saturated heterocycles. The first kappa shape index (κ1) is 16.0. The molecule has 0 aliphatic carbocycles. The van der Waals surface area contributed by atoms with Crippen LogP contribution in [0, 0.1) is 4.91 Å². The van der Waals surface area contributed by atoms with Crippen molar-refractivity contribution in [2.75, 3.05) is 6.61 Å². The Morgan fingerprint density at radius 1 is 1.21 bits per heavy atom. The number of rotatable bonds is 5. The topological polar surface area (TPSA) is 74.2 Å². The van der Waals surface area contributed by atoms with Gasteiger partial charge in [-0.25, -0.2) is 4.79 Å². The Bertz CT molecular complexity index is 804. The van der Waals surface area contributed by atoms with E-state index >= 15 is 0 Å². The second-order valence-corrected chi connectivity index (χ2v) is 5.34. The van der Waals surface area contributed by atoms with Crippen LogP contribution in [0.2, 0.25) is 0 Å². The third-order valence-electron chi connectivity index (χ3n) is 3.44. The van der Waals surface area contributed by atoms with Gasteiger partial charge in [-0.1, -0.05) is 41.9 Å². The highest BCUT2D eigenvalue weighted by Crippen LogP contribution is 2.38. The lowest BCUT2D eigenvalue weighted by Crippen LogP contribution is -2.17. The van der Waals surface area contributed by atoms with Gasteiger partial charge < -0.3 is 9.47 Å². The van der Waals surface area contributed by atoms with Crippen LogP contribution in [-0.2, 0) is 16.2 Å². The van der Waals surface area contributed by atoms with E-state index in [0.717, 1.165) is 5.56 Å². The highest BCUT2D eigenvalue weighted by atomic mass is 35.5. The van der Waals surface area contributed by atoms with Crippen molar-refractivity contribution in [3.8, 4) is 11.5 Å². The molecule has 1 heterocycles. The molecule has 122 valence electrons. The van der Waals surface area contributed by atoms with Crippen LogP contribution < -0.4 is 9.47 Å². The van der Waals surface area contributed by atoms with Crippen molar-refractivity contribution in [2.24, 2.45) is 5.34 Å². The standard InChI is InChI=1S/C17H12ClNO5/c18-16-13-8-12(22-9-11-4-2-1-3-5-11)6-7-15(13)23-10-14(16)17(20)24-19-21/h1-8H,9-10H2. The summed E-state index contributed by atoms with van der Waals surface area (Å²) in [5, 5.41) is 2.26. The van der Waals surface area contributed by atoms with Crippen LogP contribution in [0.1, 0.15) is 11.1 Å². The first-order valence-corrected chi connectivity index (χ1v) is 7.43. The lowest BCUT2D eigenvalue weighted by molar-refractivity contribution is -0.139. The Morgan fingerprint density at radius 2 is 2.00 bits per heavy atom. The molecule has 0 amide bonds. The molecule has 24 heavy (non-hydrogen) atoms. The molecule has 2 aromatic carbocycles. The number of halogens is 1. The molecule has 6 nitrogen and oxygen atoms in total. The number of ether oxygens (including phenoxy) is 2. The second kappa shape index (κ2) is 7.14. The molecule has 7 heteroatoms. The molecule has 3 rings (SSSR count). The monoisotopic (exact) mass is 345 g/mol. The number of benzene rings is 2. The van der Waals surface area contributed by atoms with Gasteiger partial charge in [0.1, 0.15) is 24.7 Å². The van der Waals surface area contributed by atoms with Crippen LogP contribution in [0.4, 0.5) is 0 Å². The Balaban J connectivity index is 1.82. The van der Waals surface area contributed by atoms with Crippen molar-refractivity contribution >= 4 is 22.6 Å². The number of hydrogen-bond donors (Lipinski definition) is 0. The Labute approximate surface area is 142 Å². The Hall–Kier alpha value is -2.86. The molecule has 0 bridgehead atoms. The molecule has 0 spiro atoms. The minimum Gasteiger partial charge on any atom is -0.489 e. The fraction of sp³-hybridized carbons (Fsp3) is 0.118. The fourth-order valence-electron chi connectivity index (χ4n) is 2.25. The molecule has 0 saturated carbocycles. The van der Waals surface area contributed by atoms with E-state index in [1.165, 1.54) is 0 Å². The van der Waals surface area contributed by atoms with Gasteiger partial charge in [0, 0.05) is 5.56 Å². The zero-order valence-corrected chi connectivity index (χ0v) is 13.2. The van der Waals surface area contributed by atoms with Gasteiger partial charge >= 0.3 is 5.97 Å². The molecule has 1 aliphatic rings. The number of nitrogens with zero attached hydrogens (tertiary/aromatic N) is 1. The predicted octanol–water partition coefficient (Wildman–Crippen LogP) is 3.83. The van der Waals surface area contributed by atoms with E-state index in [-0.39, 0.29) is 17.2 Å². The van der Waals surface area contributed by atoms with Crippen molar-refractivity contribution in [1.82, 2.24) is 0 Å². The van der Waals surface area contributed by atoms with Crippen LogP contribution in [-0.4, -0.2) is 12.6 Å². The van der Waals surface area contributed by atoms with Crippen LogP contribution in [0.15, 0.2) is 59.4 Å². The molecule has 1 aliphatic heterocycles. The first-order valence-electron chi connectivity index (χ1n) is 7.05. The molecule has 2 aromatic rings. The summed E-state index contributed by atoms with van der Waals surface area (Å²) in [4.78, 5) is 25.8. The van der Waals surface area contributed by atoms with Gasteiger partial charge in [0.15, 0.2) is 5.34 Å². The van der Waals surface area contributed by atoms with Gasteiger partial charge in [0.2, 0.25) is 0 Å². The van der Waals surface area contributed by atoms with Gasteiger partial charge in [-0.2, -0.15) is 0 Å². The molecule has 0 atom stereocenters. The van der Waals surface area contributed by atoms with E-state index in [9.17, 15) is 9.70 Å². The summed E-state index contributed by atoms with van der Waals surface area (Å²) in [6.07, 6.45) is 0. The van der Waals surface area contributed by atoms with Gasteiger partial charge in [-0.15, -0.1) is 4.91 Å². The maximum atomic E-state index is 11.6. The smallest absolute Gasteiger partial charge is 0.370 e. The Kier molecular flexibility index (Phi) is 4.77. The van der Waals surface area contributed by atoms with Gasteiger partial charge in [-0.05, 0) is 23.8 Å². The lowest BCUT2D eigenvalue weighted by atomic mass is 10.1. The SMILES string of the molecule is O=NOC(=O)C1=C(Cl)c2cc(OCc3ccccc3)ccc2OC1. The molecular formula is C17H12ClNO5. The summed E-state index contributed by atoms with van der Waals surface area (Å²) in [6.45, 7) is 0.302. The van der Waals surface area contributed by atoms with Crippen molar-refractivity contribution in [3.05, 3.63) is 70.1 Å². The fourth-order valence-corrected chi connectivity index (χ4v) is 2.53. The number of carbonyl (C=O) groups excluding carboxylic acids is 1. The lowest BCUT2D eigenvalue weighted by Gasteiger charge is -2.19. The van der Waals surface area contributed by atoms with Crippen molar-refractivity contribution in [3.63, 3.8) is 0 Å². The summed E-state index contributed by atoms with van der Waals surface area (Å²) in [5.41, 5.74) is 1.55. The zero-order valence-electron chi connectivity index (χ0n) is 12.4. The summed E-state index contributed by atoms with van der Waals surface area (Å²) in [7, 11) is 0. The zero-order chi connectivity index (χ0) is 16.9. The van der Waals surface area contributed by atoms with E-state index in [4.69, 9.17) is 21.1 Å². The predicted molar refractivity (Wildman–Crippen MR) is 87.4 cm³/mol. The van der Waals surface area contributed by atoms with Crippen molar-refractivity contribution in [1.29, 1.82) is 0 Å². The maximum absolute atomic E-state index is 11.6. The quantitative estimate of drug-likeness (QED) is 0.608. The van der Waals surface area contributed by atoms with Crippen LogP contribution in [0.25, 0.3) is 5.03 Å². The Morgan fingerprint density at radius 3 is 2.75 bits per heavy atom. The first-order chi connectivity index (χ1) is 11.7. The average Bonchev–Trinajstić information content (AvgIpc) is 2.61. The average molecular weight is 346 g/mol. The molecule has 0 radical (unpaired) electrons. The van der Waals surface area contributed by atoms with Gasteiger partial charge in [-0.3, -0.25) is 4.84 Å². The summed E-state index contributed by atoms with van der Waals surface area (Å²) >= 11 is 6.23. The molecule has 0 N–H and O–H groups in total. The van der Waals surface area contributed by atoms with E-state index in [2.05, 4.69) is 10.2 Å². The molecular weight excluding hydrogens is 334 g/mol. The highest BCUT2D eigenvalue weighted by Gasteiger charge is 2.26. The van der Waals surface area contributed by atoms with E-state index in [1.807, 2.05) is 30.3 Å². The van der Waals surface area contributed by atoms with Crippen LogP contribution >= 0.6 is 11.6 Å². The summed E-state index contributed by atoms with van der Waals surface area (Å²) in [5.74, 6) is 0.154. The largest absolute Gasteiger partial charge is 0.489 e. The minimum absolute atomic E-state index is 0.0315. The van der Waals surface area contributed by atoms with E-state index < -0.39 is 5.97 Å². The van der Waals surface area contributed by atoms with Crippen molar-refractivity contribution in [2.45, 2.75) is 6.61 Å². The second-order valence-electron chi connectivity index (χ2n) is 4.97. The normalized spacial score (nSPS) is 12.9. The van der Waals surface area contributed by atoms with Crippen LogP contribution in [0.3, 0.4) is 0 Å². The minimum atomic E-state index is -0.934. The van der Waals surface area contributed by atoms with Gasteiger partial charge in [0.25, 0.3) is 0 Å². The maximum Gasteiger partial charge on any atom is 0.370 e. The highest BCUT2D eigenvalue weighted by molar-refractivity contribution is 6.51. The van der Waals surface area contributed by atoms with E-state index in [1.54, 1.807) is 18.2 Å². The number of fused-ring (bicyclic) bond motifs is 1. The summed E-state index contributed by atoms with van der Waals surface area (Å²) < 4.78 is 11.2. The third-order valence-corrected chi connectivity index (χ3v) is 3.87. The number of hydrogen-bond acceptors (Lipinski definition) is 6. The molecule has 0 fully saturated rings. The van der Waals surface area contributed by atoms with Gasteiger partial charge in [0.05, 0.1) is 10.6 Å². The molecule has 0 unspecified atom stereocenters. The van der Waals surface area contributed by atoms with Crippen LogP contribution in [0.5, 0.6) is 11.5 Å². The number of carbonyl (C=O) groups is 1. The summed E-state index contributed by atoms with van der Waals surface area (Å²) in [6, 6.07) is 14.8. The third kappa shape index (κ3) is 3.38. The van der Waals surface area contributed by atoms with E-state index in [0.29, 0.717) is 23.7 Å².